The molecular weight excluding hydrogens is 260 g/mol. The van der Waals surface area contributed by atoms with Crippen molar-refractivity contribution in [1.29, 1.82) is 5.26 Å². The van der Waals surface area contributed by atoms with E-state index in [0.29, 0.717) is 5.92 Å². The molecule has 114 valence electrons. The van der Waals surface area contributed by atoms with Crippen LogP contribution in [0.15, 0.2) is 6.07 Å². The van der Waals surface area contributed by atoms with Gasteiger partial charge in [-0.05, 0) is 63.7 Å². The Morgan fingerprint density at radius 2 is 2.10 bits per heavy atom. The van der Waals surface area contributed by atoms with Crippen LogP contribution in [0.3, 0.4) is 0 Å². The van der Waals surface area contributed by atoms with Crippen molar-refractivity contribution in [2.45, 2.75) is 40.0 Å². The van der Waals surface area contributed by atoms with Crippen LogP contribution in [0.25, 0.3) is 0 Å². The summed E-state index contributed by atoms with van der Waals surface area (Å²) in [4.78, 5) is 7.00. The smallest absolute Gasteiger partial charge is 0.147 e. The van der Waals surface area contributed by atoms with Crippen LogP contribution in [0, 0.1) is 31.1 Å². The van der Waals surface area contributed by atoms with E-state index in [1.807, 2.05) is 19.9 Å². The number of rotatable bonds is 5. The molecule has 1 aromatic rings. The molecule has 0 bridgehead atoms. The zero-order valence-corrected chi connectivity index (χ0v) is 13.4. The van der Waals surface area contributed by atoms with Crippen molar-refractivity contribution < 1.29 is 0 Å². The van der Waals surface area contributed by atoms with E-state index in [-0.39, 0.29) is 0 Å². The maximum absolute atomic E-state index is 9.49. The highest BCUT2D eigenvalue weighted by molar-refractivity contribution is 5.58. The molecule has 1 saturated heterocycles. The number of aromatic nitrogens is 1. The van der Waals surface area contributed by atoms with Gasteiger partial charge in [-0.1, -0.05) is 6.92 Å². The normalized spacial score (nSPS) is 15.7. The van der Waals surface area contributed by atoms with Gasteiger partial charge in [0.2, 0.25) is 0 Å². The Balaban J connectivity index is 2.26. The molecule has 1 aromatic heterocycles. The standard InChI is InChI=1S/C17H26N4/c1-4-9-21(12-15-5-7-19-8-6-15)17-16(11-18)13(2)10-14(3)20-17/h10,15,19H,4-9,12H2,1-3H3. The predicted molar refractivity (Wildman–Crippen MR) is 86.5 cm³/mol. The number of nitriles is 1. The summed E-state index contributed by atoms with van der Waals surface area (Å²) in [5, 5.41) is 12.9. The number of pyridine rings is 1. The van der Waals surface area contributed by atoms with Gasteiger partial charge in [-0.25, -0.2) is 4.98 Å². The van der Waals surface area contributed by atoms with Crippen molar-refractivity contribution in [3.8, 4) is 6.07 Å². The Hall–Kier alpha value is -1.60. The first-order valence-corrected chi connectivity index (χ1v) is 7.99. The molecular formula is C17H26N4. The number of hydrogen-bond donors (Lipinski definition) is 1. The summed E-state index contributed by atoms with van der Waals surface area (Å²) in [6, 6.07) is 4.35. The molecule has 1 N–H and O–H groups in total. The van der Waals surface area contributed by atoms with E-state index in [4.69, 9.17) is 0 Å². The van der Waals surface area contributed by atoms with Gasteiger partial charge in [0, 0.05) is 18.8 Å². The van der Waals surface area contributed by atoms with Crippen molar-refractivity contribution in [2.24, 2.45) is 5.92 Å². The first kappa shape index (κ1) is 15.8. The zero-order valence-electron chi connectivity index (χ0n) is 13.4. The molecule has 0 radical (unpaired) electrons. The van der Waals surface area contributed by atoms with E-state index in [1.165, 1.54) is 12.8 Å². The topological polar surface area (TPSA) is 52.0 Å². The lowest BCUT2D eigenvalue weighted by atomic mass is 9.97. The number of nitrogens with one attached hydrogen (secondary N) is 1. The van der Waals surface area contributed by atoms with Crippen LogP contribution >= 0.6 is 0 Å². The predicted octanol–water partition coefficient (Wildman–Crippen LogP) is 2.79. The lowest BCUT2D eigenvalue weighted by Gasteiger charge is -2.31. The third kappa shape index (κ3) is 3.95. The van der Waals surface area contributed by atoms with E-state index in [2.05, 4.69) is 28.2 Å². The summed E-state index contributed by atoms with van der Waals surface area (Å²) in [5.74, 6) is 1.59. The highest BCUT2D eigenvalue weighted by Crippen LogP contribution is 2.24. The van der Waals surface area contributed by atoms with Gasteiger partial charge in [0.1, 0.15) is 11.9 Å². The molecule has 1 fully saturated rings. The van der Waals surface area contributed by atoms with E-state index >= 15 is 0 Å². The van der Waals surface area contributed by atoms with Crippen LogP contribution in [0.5, 0.6) is 0 Å². The zero-order chi connectivity index (χ0) is 15.2. The molecule has 0 saturated carbocycles. The fourth-order valence-corrected chi connectivity index (χ4v) is 3.11. The van der Waals surface area contributed by atoms with Crippen molar-refractivity contribution >= 4 is 5.82 Å². The first-order valence-electron chi connectivity index (χ1n) is 7.99. The average Bonchev–Trinajstić information content (AvgIpc) is 2.47. The number of anilines is 1. The van der Waals surface area contributed by atoms with Gasteiger partial charge >= 0.3 is 0 Å². The quantitative estimate of drug-likeness (QED) is 0.904. The van der Waals surface area contributed by atoms with E-state index in [0.717, 1.165) is 55.2 Å². The number of nitrogens with zero attached hydrogens (tertiary/aromatic N) is 3. The minimum absolute atomic E-state index is 0.701. The average molecular weight is 286 g/mol. The lowest BCUT2D eigenvalue weighted by molar-refractivity contribution is 0.372. The maximum atomic E-state index is 9.49. The Labute approximate surface area is 128 Å². The van der Waals surface area contributed by atoms with Gasteiger partial charge in [-0.2, -0.15) is 5.26 Å². The summed E-state index contributed by atoms with van der Waals surface area (Å²) in [7, 11) is 0. The van der Waals surface area contributed by atoms with Gasteiger partial charge < -0.3 is 10.2 Å². The number of aryl methyl sites for hydroxylation is 2. The van der Waals surface area contributed by atoms with Crippen LogP contribution in [0.1, 0.15) is 43.0 Å². The molecule has 1 aliphatic rings. The molecule has 21 heavy (non-hydrogen) atoms. The van der Waals surface area contributed by atoms with E-state index < -0.39 is 0 Å². The highest BCUT2D eigenvalue weighted by Gasteiger charge is 2.20. The third-order valence-electron chi connectivity index (χ3n) is 4.17. The SMILES string of the molecule is CCCN(CC1CCNCC1)c1nc(C)cc(C)c1C#N. The minimum atomic E-state index is 0.701. The van der Waals surface area contributed by atoms with Gasteiger partial charge in [-0.15, -0.1) is 0 Å². The molecule has 0 amide bonds. The second kappa shape index (κ2) is 7.42. The maximum Gasteiger partial charge on any atom is 0.147 e. The summed E-state index contributed by atoms with van der Waals surface area (Å²) in [5.41, 5.74) is 2.77. The molecule has 1 aliphatic heterocycles. The molecule has 2 heterocycles. The minimum Gasteiger partial charge on any atom is -0.355 e. The van der Waals surface area contributed by atoms with Crippen LogP contribution < -0.4 is 10.2 Å². The van der Waals surface area contributed by atoms with E-state index in [9.17, 15) is 5.26 Å². The summed E-state index contributed by atoms with van der Waals surface area (Å²) >= 11 is 0. The molecule has 0 unspecified atom stereocenters. The molecule has 4 heteroatoms. The van der Waals surface area contributed by atoms with Gasteiger partial charge in [0.25, 0.3) is 0 Å². The Kier molecular flexibility index (Phi) is 5.58. The lowest BCUT2D eigenvalue weighted by Crippen LogP contribution is -2.37. The molecule has 4 nitrogen and oxygen atoms in total. The Morgan fingerprint density at radius 3 is 2.71 bits per heavy atom. The van der Waals surface area contributed by atoms with E-state index in [1.54, 1.807) is 0 Å². The fourth-order valence-electron chi connectivity index (χ4n) is 3.11. The third-order valence-corrected chi connectivity index (χ3v) is 4.17. The molecule has 0 aliphatic carbocycles. The highest BCUT2D eigenvalue weighted by atomic mass is 15.2. The Bertz CT molecular complexity index is 512. The molecule has 0 atom stereocenters. The summed E-state index contributed by atoms with van der Waals surface area (Å²) in [6.45, 7) is 10.4. The molecule has 0 aromatic carbocycles. The summed E-state index contributed by atoms with van der Waals surface area (Å²) < 4.78 is 0. The molecule has 2 rings (SSSR count). The largest absolute Gasteiger partial charge is 0.355 e. The monoisotopic (exact) mass is 286 g/mol. The second-order valence-electron chi connectivity index (χ2n) is 6.03. The van der Waals surface area contributed by atoms with Crippen LogP contribution in [0.4, 0.5) is 5.82 Å². The van der Waals surface area contributed by atoms with Gasteiger partial charge in [0.15, 0.2) is 0 Å². The fraction of sp³-hybridized carbons (Fsp3) is 0.647. The number of piperidine rings is 1. The van der Waals surface area contributed by atoms with Gasteiger partial charge in [-0.3, -0.25) is 0 Å². The number of hydrogen-bond acceptors (Lipinski definition) is 4. The van der Waals surface area contributed by atoms with Crippen LogP contribution in [-0.4, -0.2) is 31.2 Å². The first-order chi connectivity index (χ1) is 10.2. The second-order valence-corrected chi connectivity index (χ2v) is 6.03. The van der Waals surface area contributed by atoms with Crippen LogP contribution in [-0.2, 0) is 0 Å². The molecule has 0 spiro atoms. The van der Waals surface area contributed by atoms with Crippen LogP contribution in [0.2, 0.25) is 0 Å². The van der Waals surface area contributed by atoms with Crippen molar-refractivity contribution in [3.05, 3.63) is 22.9 Å². The van der Waals surface area contributed by atoms with Crippen molar-refractivity contribution in [2.75, 3.05) is 31.1 Å². The van der Waals surface area contributed by atoms with Gasteiger partial charge in [0.05, 0.1) is 5.56 Å². The summed E-state index contributed by atoms with van der Waals surface area (Å²) in [6.07, 6.45) is 3.50. The van der Waals surface area contributed by atoms with Crippen molar-refractivity contribution in [3.63, 3.8) is 0 Å². The van der Waals surface area contributed by atoms with Crippen molar-refractivity contribution in [1.82, 2.24) is 10.3 Å². The Morgan fingerprint density at radius 1 is 1.38 bits per heavy atom.